The van der Waals surface area contributed by atoms with Crippen LogP contribution in [0, 0.1) is 5.41 Å². The van der Waals surface area contributed by atoms with E-state index in [9.17, 15) is 4.79 Å². The fourth-order valence-corrected chi connectivity index (χ4v) is 2.72. The highest BCUT2D eigenvalue weighted by molar-refractivity contribution is 8.13. The fourth-order valence-electron chi connectivity index (χ4n) is 1.81. The van der Waals surface area contributed by atoms with Gasteiger partial charge in [0.25, 0.3) is 0 Å². The third-order valence-corrected chi connectivity index (χ3v) is 3.64. The summed E-state index contributed by atoms with van der Waals surface area (Å²) in [5.41, 5.74) is 1.99. The van der Waals surface area contributed by atoms with Crippen molar-refractivity contribution in [2.24, 2.45) is 10.4 Å². The Morgan fingerprint density at radius 3 is 3.23 bits per heavy atom. The number of hydrogen-bond acceptors (Lipinski definition) is 3. The van der Waals surface area contributed by atoms with Crippen LogP contribution in [0.2, 0.25) is 0 Å². The molecular weight excluding hydrogens is 184 g/mol. The molecule has 2 heterocycles. The van der Waals surface area contributed by atoms with Gasteiger partial charge in [-0.15, -0.1) is 0 Å². The van der Waals surface area contributed by atoms with Crippen molar-refractivity contribution in [1.82, 2.24) is 5.32 Å². The number of carbonyl (C=O) groups excluding carboxylic acids is 1. The van der Waals surface area contributed by atoms with Crippen molar-refractivity contribution >= 4 is 23.2 Å². The van der Waals surface area contributed by atoms with E-state index < -0.39 is 0 Å². The van der Waals surface area contributed by atoms with Gasteiger partial charge in [-0.25, -0.2) is 0 Å². The Kier molecular flexibility index (Phi) is 2.10. The van der Waals surface area contributed by atoms with Gasteiger partial charge in [0.1, 0.15) is 5.25 Å². The van der Waals surface area contributed by atoms with Crippen molar-refractivity contribution in [3.63, 3.8) is 0 Å². The molecule has 0 saturated carbocycles. The minimum absolute atomic E-state index is 0.0294. The minimum Gasteiger partial charge on any atom is -0.355 e. The number of nitrogens with one attached hydrogen (secondary N) is 1. The summed E-state index contributed by atoms with van der Waals surface area (Å²) < 4.78 is 0. The third-order valence-electron chi connectivity index (χ3n) is 2.57. The normalized spacial score (nSPS) is 36.6. The van der Waals surface area contributed by atoms with E-state index in [4.69, 9.17) is 0 Å². The molecule has 0 spiro atoms. The predicted octanol–water partition coefficient (Wildman–Crippen LogP) is 1.04. The molecule has 0 aromatic heterocycles. The third kappa shape index (κ3) is 1.73. The van der Waals surface area contributed by atoms with E-state index in [0.29, 0.717) is 0 Å². The second kappa shape index (κ2) is 3.01. The number of rotatable bonds is 0. The summed E-state index contributed by atoms with van der Waals surface area (Å²) in [6.45, 7) is 5.12. The number of fused-ring (bicyclic) bond motifs is 1. The first kappa shape index (κ1) is 9.06. The van der Waals surface area contributed by atoms with Gasteiger partial charge in [-0.1, -0.05) is 25.6 Å². The van der Waals surface area contributed by atoms with Gasteiger partial charge in [0, 0.05) is 6.54 Å². The Bertz CT molecular complexity index is 262. The monoisotopic (exact) mass is 198 g/mol. The highest BCUT2D eigenvalue weighted by Crippen LogP contribution is 2.34. The Balaban J connectivity index is 2.19. The molecule has 0 aromatic rings. The van der Waals surface area contributed by atoms with Crippen molar-refractivity contribution < 1.29 is 4.79 Å². The lowest BCUT2D eigenvalue weighted by Gasteiger charge is -2.23. The van der Waals surface area contributed by atoms with Gasteiger partial charge >= 0.3 is 0 Å². The van der Waals surface area contributed by atoms with Crippen molar-refractivity contribution in [1.29, 1.82) is 0 Å². The molecule has 0 bridgehead atoms. The summed E-state index contributed by atoms with van der Waals surface area (Å²) in [5.74, 6) is 0.151. The van der Waals surface area contributed by atoms with Gasteiger partial charge in [-0.3, -0.25) is 9.79 Å². The average molecular weight is 198 g/mol. The van der Waals surface area contributed by atoms with Crippen LogP contribution in [0.5, 0.6) is 0 Å². The Morgan fingerprint density at radius 2 is 2.46 bits per heavy atom. The number of amides is 1. The van der Waals surface area contributed by atoms with Crippen molar-refractivity contribution in [3.8, 4) is 0 Å². The SMILES string of the molecule is CC1(C)CNC(=O)C2SC=NC2C1. The van der Waals surface area contributed by atoms with Gasteiger partial charge in [0.15, 0.2) is 0 Å². The van der Waals surface area contributed by atoms with Gasteiger partial charge in [-0.2, -0.15) is 0 Å². The quantitative estimate of drug-likeness (QED) is 0.632. The first-order valence-corrected chi connectivity index (χ1v) is 5.48. The van der Waals surface area contributed by atoms with Crippen LogP contribution in [0.1, 0.15) is 20.3 Å². The van der Waals surface area contributed by atoms with Crippen LogP contribution < -0.4 is 5.32 Å². The first-order chi connectivity index (χ1) is 6.08. The fraction of sp³-hybridized carbons (Fsp3) is 0.778. The number of aliphatic imine (C=N–C) groups is 1. The number of thioether (sulfide) groups is 1. The highest BCUT2D eigenvalue weighted by Gasteiger charge is 2.39. The molecule has 0 aliphatic carbocycles. The van der Waals surface area contributed by atoms with Crippen molar-refractivity contribution in [2.75, 3.05) is 6.54 Å². The summed E-state index contributed by atoms with van der Waals surface area (Å²) in [6.07, 6.45) is 1.000. The van der Waals surface area contributed by atoms with Crippen LogP contribution in [0.25, 0.3) is 0 Å². The van der Waals surface area contributed by atoms with Gasteiger partial charge in [0.05, 0.1) is 11.6 Å². The van der Waals surface area contributed by atoms with E-state index in [1.807, 2.05) is 5.55 Å². The predicted molar refractivity (Wildman–Crippen MR) is 55.1 cm³/mol. The van der Waals surface area contributed by atoms with Crippen LogP contribution in [-0.2, 0) is 4.79 Å². The first-order valence-electron chi connectivity index (χ1n) is 4.53. The smallest absolute Gasteiger partial charge is 0.235 e. The van der Waals surface area contributed by atoms with Gasteiger partial charge in [-0.05, 0) is 11.8 Å². The highest BCUT2D eigenvalue weighted by atomic mass is 32.2. The molecule has 1 N–H and O–H groups in total. The van der Waals surface area contributed by atoms with Crippen LogP contribution in [0.3, 0.4) is 0 Å². The maximum atomic E-state index is 11.6. The number of nitrogens with zero attached hydrogens (tertiary/aromatic N) is 1. The van der Waals surface area contributed by atoms with Crippen LogP contribution in [-0.4, -0.2) is 29.3 Å². The van der Waals surface area contributed by atoms with Crippen LogP contribution >= 0.6 is 11.8 Å². The number of hydrogen-bond donors (Lipinski definition) is 1. The molecule has 0 aromatic carbocycles. The summed E-state index contributed by atoms with van der Waals surface area (Å²) in [5, 5.41) is 3.00. The van der Waals surface area contributed by atoms with Gasteiger partial charge in [0.2, 0.25) is 5.91 Å². The molecule has 1 saturated heterocycles. The molecule has 2 aliphatic rings. The zero-order chi connectivity index (χ0) is 9.47. The second-order valence-corrected chi connectivity index (χ2v) is 5.46. The molecule has 1 fully saturated rings. The second-order valence-electron chi connectivity index (χ2n) is 4.46. The lowest BCUT2D eigenvalue weighted by atomic mass is 9.86. The van der Waals surface area contributed by atoms with E-state index in [1.54, 1.807) is 11.8 Å². The Labute approximate surface area is 82.4 Å². The molecule has 2 atom stereocenters. The van der Waals surface area contributed by atoms with E-state index in [1.165, 1.54) is 0 Å². The summed E-state index contributed by atoms with van der Waals surface area (Å²) in [4.78, 5) is 15.9. The average Bonchev–Trinajstić information content (AvgIpc) is 2.44. The molecule has 2 rings (SSSR count). The minimum atomic E-state index is 0.0294. The Morgan fingerprint density at radius 1 is 1.69 bits per heavy atom. The van der Waals surface area contributed by atoms with Crippen molar-refractivity contribution in [2.45, 2.75) is 31.6 Å². The molecular formula is C9H14N2OS. The summed E-state index contributed by atoms with van der Waals surface area (Å²) in [7, 11) is 0. The lowest BCUT2D eigenvalue weighted by Crippen LogP contribution is -2.35. The molecule has 1 amide bonds. The maximum absolute atomic E-state index is 11.6. The molecule has 72 valence electrons. The topological polar surface area (TPSA) is 41.5 Å². The zero-order valence-corrected chi connectivity index (χ0v) is 8.73. The molecule has 13 heavy (non-hydrogen) atoms. The lowest BCUT2D eigenvalue weighted by molar-refractivity contribution is -0.120. The van der Waals surface area contributed by atoms with E-state index >= 15 is 0 Å². The molecule has 2 unspecified atom stereocenters. The maximum Gasteiger partial charge on any atom is 0.235 e. The van der Waals surface area contributed by atoms with E-state index in [2.05, 4.69) is 24.2 Å². The largest absolute Gasteiger partial charge is 0.355 e. The van der Waals surface area contributed by atoms with Crippen LogP contribution in [0.15, 0.2) is 4.99 Å². The van der Waals surface area contributed by atoms with Crippen molar-refractivity contribution in [3.05, 3.63) is 0 Å². The summed E-state index contributed by atoms with van der Waals surface area (Å²) in [6, 6.07) is 0.197. The molecule has 0 radical (unpaired) electrons. The summed E-state index contributed by atoms with van der Waals surface area (Å²) >= 11 is 1.54. The van der Waals surface area contributed by atoms with Crippen LogP contribution in [0.4, 0.5) is 0 Å². The Hall–Kier alpha value is -0.510. The number of carbonyl (C=O) groups is 1. The molecule has 4 heteroatoms. The standard InChI is InChI=1S/C9H14N2OS/c1-9(2)3-6-7(13-5-11-6)8(12)10-4-9/h5-7H,3-4H2,1-2H3,(H,10,12). The zero-order valence-electron chi connectivity index (χ0n) is 7.91. The van der Waals surface area contributed by atoms with E-state index in [0.717, 1.165) is 13.0 Å². The molecule has 3 nitrogen and oxygen atoms in total. The molecule has 2 aliphatic heterocycles. The van der Waals surface area contributed by atoms with E-state index in [-0.39, 0.29) is 22.6 Å². The van der Waals surface area contributed by atoms with Gasteiger partial charge < -0.3 is 5.32 Å².